The van der Waals surface area contributed by atoms with Crippen LogP contribution in [0.4, 0.5) is 5.82 Å². The molecule has 0 spiro atoms. The van der Waals surface area contributed by atoms with Crippen molar-refractivity contribution in [3.8, 4) is 0 Å². The molecule has 2 heterocycles. The van der Waals surface area contributed by atoms with Crippen LogP contribution in [0.3, 0.4) is 0 Å². The summed E-state index contributed by atoms with van der Waals surface area (Å²) >= 11 is 0. The Kier molecular flexibility index (Phi) is 4.36. The van der Waals surface area contributed by atoms with Crippen LogP contribution in [0.25, 0.3) is 0 Å². The number of hydrogen-bond donors (Lipinski definition) is 0. The molecular formula is C11H19N3. The minimum absolute atomic E-state index is 0.806. The van der Waals surface area contributed by atoms with Crippen molar-refractivity contribution in [2.75, 3.05) is 18.0 Å². The van der Waals surface area contributed by atoms with Gasteiger partial charge in [-0.2, -0.15) is 0 Å². The van der Waals surface area contributed by atoms with Crippen LogP contribution >= 0.6 is 0 Å². The minimum Gasteiger partial charge on any atom is -0.356 e. The monoisotopic (exact) mass is 193 g/mol. The fourth-order valence-corrected chi connectivity index (χ4v) is 1.61. The first-order chi connectivity index (χ1) is 6.86. The standard InChI is InChI=1S/C9H13N3.C2H6/c1-8-3-5-12(6-8)9-2-4-10-7-11-9;1-2/h2,4,7-8H,3,5-6H2,1H3;1-2H3. The summed E-state index contributed by atoms with van der Waals surface area (Å²) in [6.07, 6.45) is 4.69. The summed E-state index contributed by atoms with van der Waals surface area (Å²) in [6.45, 7) is 8.55. The third-order valence-corrected chi connectivity index (χ3v) is 2.31. The minimum atomic E-state index is 0.806. The quantitative estimate of drug-likeness (QED) is 0.685. The molecule has 3 heteroatoms. The lowest BCUT2D eigenvalue weighted by Gasteiger charge is -2.15. The van der Waals surface area contributed by atoms with E-state index in [1.54, 1.807) is 12.5 Å². The Labute approximate surface area is 86.2 Å². The van der Waals surface area contributed by atoms with Gasteiger partial charge in [0.1, 0.15) is 12.1 Å². The molecule has 2 rings (SSSR count). The topological polar surface area (TPSA) is 29.0 Å². The van der Waals surface area contributed by atoms with Crippen molar-refractivity contribution in [3.05, 3.63) is 18.6 Å². The second-order valence-electron chi connectivity index (χ2n) is 3.41. The van der Waals surface area contributed by atoms with E-state index in [-0.39, 0.29) is 0 Å². The molecule has 0 amide bonds. The van der Waals surface area contributed by atoms with Crippen LogP contribution < -0.4 is 4.90 Å². The molecule has 0 aromatic carbocycles. The summed E-state index contributed by atoms with van der Waals surface area (Å²) < 4.78 is 0. The van der Waals surface area contributed by atoms with Gasteiger partial charge in [0.05, 0.1) is 0 Å². The van der Waals surface area contributed by atoms with E-state index in [1.165, 1.54) is 6.42 Å². The van der Waals surface area contributed by atoms with Crippen LogP contribution in [-0.2, 0) is 0 Å². The maximum atomic E-state index is 4.21. The van der Waals surface area contributed by atoms with Crippen molar-refractivity contribution < 1.29 is 0 Å². The molecule has 0 aliphatic carbocycles. The van der Waals surface area contributed by atoms with Gasteiger partial charge >= 0.3 is 0 Å². The van der Waals surface area contributed by atoms with Gasteiger partial charge in [-0.05, 0) is 18.4 Å². The van der Waals surface area contributed by atoms with Crippen molar-refractivity contribution in [1.82, 2.24) is 9.97 Å². The molecule has 1 atom stereocenters. The summed E-state index contributed by atoms with van der Waals surface area (Å²) in [6, 6.07) is 1.97. The zero-order valence-electron chi connectivity index (χ0n) is 9.27. The lowest BCUT2D eigenvalue weighted by molar-refractivity contribution is 0.659. The Hall–Kier alpha value is -1.12. The predicted octanol–water partition coefficient (Wildman–Crippen LogP) is 2.35. The normalized spacial score (nSPS) is 20.2. The van der Waals surface area contributed by atoms with E-state index in [0.717, 1.165) is 24.8 Å². The number of aromatic nitrogens is 2. The Bertz CT molecular complexity index is 248. The zero-order valence-corrected chi connectivity index (χ0v) is 9.27. The van der Waals surface area contributed by atoms with E-state index < -0.39 is 0 Å². The summed E-state index contributed by atoms with van der Waals surface area (Å²) in [5.74, 6) is 1.87. The maximum absolute atomic E-state index is 4.21. The molecule has 1 aliphatic heterocycles. The van der Waals surface area contributed by atoms with Crippen molar-refractivity contribution in [2.24, 2.45) is 5.92 Å². The van der Waals surface area contributed by atoms with E-state index in [2.05, 4.69) is 21.8 Å². The molecule has 1 saturated heterocycles. The Morgan fingerprint density at radius 3 is 2.71 bits per heavy atom. The molecule has 1 fully saturated rings. The molecule has 1 aromatic heterocycles. The fourth-order valence-electron chi connectivity index (χ4n) is 1.61. The van der Waals surface area contributed by atoms with E-state index in [1.807, 2.05) is 19.9 Å². The molecule has 0 radical (unpaired) electrons. The molecule has 0 saturated carbocycles. The molecule has 14 heavy (non-hydrogen) atoms. The van der Waals surface area contributed by atoms with Gasteiger partial charge < -0.3 is 4.90 Å². The molecule has 3 nitrogen and oxygen atoms in total. The van der Waals surface area contributed by atoms with E-state index in [0.29, 0.717) is 0 Å². The number of anilines is 1. The van der Waals surface area contributed by atoms with Crippen LogP contribution in [-0.4, -0.2) is 23.1 Å². The summed E-state index contributed by atoms with van der Waals surface area (Å²) in [5, 5.41) is 0. The van der Waals surface area contributed by atoms with Gasteiger partial charge in [0, 0.05) is 19.3 Å². The highest BCUT2D eigenvalue weighted by atomic mass is 15.2. The molecule has 1 aromatic rings. The van der Waals surface area contributed by atoms with Crippen molar-refractivity contribution in [1.29, 1.82) is 0 Å². The van der Waals surface area contributed by atoms with E-state index in [9.17, 15) is 0 Å². The SMILES string of the molecule is CC.CC1CCN(c2ccncn2)C1. The fraction of sp³-hybridized carbons (Fsp3) is 0.636. The summed E-state index contributed by atoms with van der Waals surface area (Å²) in [7, 11) is 0. The molecule has 0 N–H and O–H groups in total. The van der Waals surface area contributed by atoms with Gasteiger partial charge in [-0.15, -0.1) is 0 Å². The summed E-state index contributed by atoms with van der Waals surface area (Å²) in [4.78, 5) is 10.4. The molecule has 78 valence electrons. The van der Waals surface area contributed by atoms with Crippen molar-refractivity contribution in [3.63, 3.8) is 0 Å². The van der Waals surface area contributed by atoms with Gasteiger partial charge in [-0.25, -0.2) is 9.97 Å². The molecule has 1 aliphatic rings. The first-order valence-corrected chi connectivity index (χ1v) is 5.37. The smallest absolute Gasteiger partial charge is 0.131 e. The first kappa shape index (κ1) is 11.0. The van der Waals surface area contributed by atoms with Gasteiger partial charge in [-0.3, -0.25) is 0 Å². The highest BCUT2D eigenvalue weighted by Crippen LogP contribution is 2.20. The molecule has 1 unspecified atom stereocenters. The van der Waals surface area contributed by atoms with Crippen LogP contribution in [0.1, 0.15) is 27.2 Å². The van der Waals surface area contributed by atoms with Crippen LogP contribution in [0, 0.1) is 5.92 Å². The van der Waals surface area contributed by atoms with Gasteiger partial charge in [0.25, 0.3) is 0 Å². The van der Waals surface area contributed by atoms with Crippen molar-refractivity contribution >= 4 is 5.82 Å². The van der Waals surface area contributed by atoms with Crippen LogP contribution in [0.5, 0.6) is 0 Å². The summed E-state index contributed by atoms with van der Waals surface area (Å²) in [5.41, 5.74) is 0. The highest BCUT2D eigenvalue weighted by molar-refractivity contribution is 5.37. The molecular weight excluding hydrogens is 174 g/mol. The average molecular weight is 193 g/mol. The third kappa shape index (κ3) is 2.69. The second kappa shape index (κ2) is 5.58. The van der Waals surface area contributed by atoms with Crippen LogP contribution in [0.15, 0.2) is 18.6 Å². The Balaban J connectivity index is 0.000000461. The van der Waals surface area contributed by atoms with E-state index >= 15 is 0 Å². The largest absolute Gasteiger partial charge is 0.356 e. The van der Waals surface area contributed by atoms with Gasteiger partial charge in [0.15, 0.2) is 0 Å². The highest BCUT2D eigenvalue weighted by Gasteiger charge is 2.19. The third-order valence-electron chi connectivity index (χ3n) is 2.31. The average Bonchev–Trinajstić information content (AvgIpc) is 2.69. The number of nitrogens with zero attached hydrogens (tertiary/aromatic N) is 3. The molecule has 0 bridgehead atoms. The first-order valence-electron chi connectivity index (χ1n) is 5.37. The lowest BCUT2D eigenvalue weighted by Crippen LogP contribution is -2.19. The van der Waals surface area contributed by atoms with Gasteiger partial charge in [0.2, 0.25) is 0 Å². The number of hydrogen-bond acceptors (Lipinski definition) is 3. The Morgan fingerprint density at radius 1 is 1.43 bits per heavy atom. The second-order valence-corrected chi connectivity index (χ2v) is 3.41. The predicted molar refractivity (Wildman–Crippen MR) is 59.4 cm³/mol. The van der Waals surface area contributed by atoms with Gasteiger partial charge in [-0.1, -0.05) is 20.8 Å². The van der Waals surface area contributed by atoms with E-state index in [4.69, 9.17) is 0 Å². The maximum Gasteiger partial charge on any atom is 0.131 e. The lowest BCUT2D eigenvalue weighted by atomic mass is 10.2. The van der Waals surface area contributed by atoms with Crippen molar-refractivity contribution in [2.45, 2.75) is 27.2 Å². The Morgan fingerprint density at radius 2 is 2.21 bits per heavy atom. The number of rotatable bonds is 1. The van der Waals surface area contributed by atoms with Crippen LogP contribution in [0.2, 0.25) is 0 Å². The zero-order chi connectivity index (χ0) is 10.4.